The molecule has 0 amide bonds. The average Bonchev–Trinajstić information content (AvgIpc) is 3.02. The lowest BCUT2D eigenvalue weighted by Gasteiger charge is -2.32. The molecule has 1 aromatic carbocycles. The van der Waals surface area contributed by atoms with Crippen molar-refractivity contribution in [1.82, 2.24) is 4.98 Å². The lowest BCUT2D eigenvalue weighted by atomic mass is 9.99. The molecule has 3 aromatic rings. The van der Waals surface area contributed by atoms with E-state index in [1.54, 1.807) is 18.2 Å². The molecular formula is C19H19ClN2O3S2. The maximum atomic E-state index is 13.4. The van der Waals surface area contributed by atoms with Gasteiger partial charge < -0.3 is 9.88 Å². The molecule has 1 aliphatic heterocycles. The highest BCUT2D eigenvalue weighted by Gasteiger charge is 2.30. The number of hydrogen-bond acceptors (Lipinski definition) is 5. The minimum absolute atomic E-state index is 0.201. The van der Waals surface area contributed by atoms with E-state index in [1.165, 1.54) is 18.2 Å². The molecule has 27 heavy (non-hydrogen) atoms. The van der Waals surface area contributed by atoms with Gasteiger partial charge in [0, 0.05) is 29.6 Å². The quantitative estimate of drug-likeness (QED) is 0.682. The molecule has 1 aliphatic rings. The van der Waals surface area contributed by atoms with E-state index in [0.29, 0.717) is 21.5 Å². The standard InChI is InChI=1S/C19H19ClN2O3S2/c1-12-8-10-22(11-9-12)17-15-6-7-16(23)21-18(15)26-19(17)27(24,25)14-4-2-13(20)3-5-14/h2-7,12H,8-11H2,1H3,(H,21,23). The minimum atomic E-state index is -3.73. The summed E-state index contributed by atoms with van der Waals surface area (Å²) in [6, 6.07) is 9.36. The summed E-state index contributed by atoms with van der Waals surface area (Å²) in [5.41, 5.74) is 0.464. The molecule has 0 unspecified atom stereocenters. The molecule has 2 aromatic heterocycles. The minimum Gasteiger partial charge on any atom is -0.369 e. The Morgan fingerprint density at radius 3 is 2.44 bits per heavy atom. The molecule has 0 saturated carbocycles. The molecule has 0 bridgehead atoms. The van der Waals surface area contributed by atoms with Crippen LogP contribution >= 0.6 is 22.9 Å². The molecule has 8 heteroatoms. The van der Waals surface area contributed by atoms with Crippen molar-refractivity contribution in [3.8, 4) is 0 Å². The first-order chi connectivity index (χ1) is 12.9. The van der Waals surface area contributed by atoms with Gasteiger partial charge in [-0.1, -0.05) is 18.5 Å². The second-order valence-corrected chi connectivity index (χ2v) is 10.5. The summed E-state index contributed by atoms with van der Waals surface area (Å²) in [6.45, 7) is 3.82. The van der Waals surface area contributed by atoms with Crippen molar-refractivity contribution >= 4 is 48.7 Å². The van der Waals surface area contributed by atoms with Crippen molar-refractivity contribution in [1.29, 1.82) is 0 Å². The van der Waals surface area contributed by atoms with Gasteiger partial charge in [-0.3, -0.25) is 4.79 Å². The van der Waals surface area contributed by atoms with Gasteiger partial charge >= 0.3 is 0 Å². The number of halogens is 1. The fourth-order valence-electron chi connectivity index (χ4n) is 3.41. The van der Waals surface area contributed by atoms with Crippen LogP contribution in [0.4, 0.5) is 5.69 Å². The number of hydrogen-bond donors (Lipinski definition) is 1. The number of rotatable bonds is 3. The van der Waals surface area contributed by atoms with Gasteiger partial charge in [0.15, 0.2) is 4.21 Å². The Morgan fingerprint density at radius 1 is 1.11 bits per heavy atom. The van der Waals surface area contributed by atoms with Gasteiger partial charge in [0.2, 0.25) is 15.4 Å². The number of anilines is 1. The number of fused-ring (bicyclic) bond motifs is 1. The van der Waals surface area contributed by atoms with Gasteiger partial charge in [-0.15, -0.1) is 11.3 Å². The lowest BCUT2D eigenvalue weighted by molar-refractivity contribution is 0.438. The van der Waals surface area contributed by atoms with Crippen LogP contribution in [-0.4, -0.2) is 26.5 Å². The first-order valence-electron chi connectivity index (χ1n) is 8.77. The van der Waals surface area contributed by atoms with E-state index in [0.717, 1.165) is 42.7 Å². The van der Waals surface area contributed by atoms with Crippen LogP contribution in [-0.2, 0) is 9.84 Å². The molecular weight excluding hydrogens is 404 g/mol. The summed E-state index contributed by atoms with van der Waals surface area (Å²) in [4.78, 5) is 17.5. The summed E-state index contributed by atoms with van der Waals surface area (Å²) in [5.74, 6) is 0.627. The van der Waals surface area contributed by atoms with Crippen LogP contribution in [0.5, 0.6) is 0 Å². The molecule has 0 aliphatic carbocycles. The van der Waals surface area contributed by atoms with Crippen LogP contribution in [0.25, 0.3) is 10.2 Å². The van der Waals surface area contributed by atoms with Gasteiger partial charge in [0.05, 0.1) is 10.6 Å². The van der Waals surface area contributed by atoms with Crippen molar-refractivity contribution in [2.45, 2.75) is 28.9 Å². The Bertz CT molecular complexity index is 1140. The Morgan fingerprint density at radius 2 is 1.78 bits per heavy atom. The maximum Gasteiger partial charge on any atom is 0.249 e. The Kier molecular flexibility index (Phi) is 4.78. The zero-order valence-corrected chi connectivity index (χ0v) is 17.1. The number of benzene rings is 1. The lowest BCUT2D eigenvalue weighted by Crippen LogP contribution is -2.33. The van der Waals surface area contributed by atoms with E-state index in [4.69, 9.17) is 11.6 Å². The average molecular weight is 423 g/mol. The Labute approximate surface area is 166 Å². The number of nitrogens with zero attached hydrogens (tertiary/aromatic N) is 1. The smallest absolute Gasteiger partial charge is 0.249 e. The molecule has 0 spiro atoms. The molecule has 0 atom stereocenters. The molecule has 5 nitrogen and oxygen atoms in total. The summed E-state index contributed by atoms with van der Waals surface area (Å²) in [7, 11) is -3.73. The van der Waals surface area contributed by atoms with Gasteiger partial charge in [-0.25, -0.2) is 8.42 Å². The largest absolute Gasteiger partial charge is 0.369 e. The van der Waals surface area contributed by atoms with Gasteiger partial charge in [0.1, 0.15) is 4.83 Å². The van der Waals surface area contributed by atoms with E-state index in [2.05, 4.69) is 16.8 Å². The number of piperidine rings is 1. The van der Waals surface area contributed by atoms with Crippen LogP contribution in [0.3, 0.4) is 0 Å². The van der Waals surface area contributed by atoms with Crippen LogP contribution in [0.2, 0.25) is 5.02 Å². The zero-order valence-electron chi connectivity index (χ0n) is 14.7. The second-order valence-electron chi connectivity index (χ2n) is 6.93. The van der Waals surface area contributed by atoms with Crippen molar-refractivity contribution in [2.75, 3.05) is 18.0 Å². The molecule has 1 saturated heterocycles. The number of pyridine rings is 1. The summed E-state index contributed by atoms with van der Waals surface area (Å²) >= 11 is 7.04. The Balaban J connectivity index is 1.92. The van der Waals surface area contributed by atoms with Gasteiger partial charge in [-0.2, -0.15) is 0 Å². The monoisotopic (exact) mass is 422 g/mol. The third-order valence-electron chi connectivity index (χ3n) is 4.99. The number of aromatic nitrogens is 1. The molecule has 142 valence electrons. The maximum absolute atomic E-state index is 13.4. The zero-order chi connectivity index (χ0) is 19.2. The predicted octanol–water partition coefficient (Wildman–Crippen LogP) is 4.31. The summed E-state index contributed by atoms with van der Waals surface area (Å²) in [6.07, 6.45) is 2.03. The first kappa shape index (κ1) is 18.5. The first-order valence-corrected chi connectivity index (χ1v) is 11.5. The fraction of sp³-hybridized carbons (Fsp3) is 0.316. The summed E-state index contributed by atoms with van der Waals surface area (Å²) < 4.78 is 27.0. The number of H-pyrrole nitrogens is 1. The highest BCUT2D eigenvalue weighted by Crippen LogP contribution is 2.43. The molecule has 1 fully saturated rings. The number of aromatic amines is 1. The van der Waals surface area contributed by atoms with Crippen molar-refractivity contribution in [3.05, 3.63) is 51.8 Å². The van der Waals surface area contributed by atoms with E-state index in [9.17, 15) is 13.2 Å². The van der Waals surface area contributed by atoms with E-state index in [1.807, 2.05) is 0 Å². The molecule has 3 heterocycles. The highest BCUT2D eigenvalue weighted by atomic mass is 35.5. The molecule has 4 rings (SSSR count). The predicted molar refractivity (Wildman–Crippen MR) is 110 cm³/mol. The molecule has 0 radical (unpaired) electrons. The summed E-state index contributed by atoms with van der Waals surface area (Å²) in [5, 5.41) is 1.27. The fourth-order valence-corrected chi connectivity index (χ4v) is 6.66. The Hall–Kier alpha value is -1.83. The normalized spacial score (nSPS) is 16.1. The topological polar surface area (TPSA) is 70.2 Å². The van der Waals surface area contributed by atoms with Crippen LogP contribution < -0.4 is 10.5 Å². The number of nitrogens with one attached hydrogen (secondary N) is 1. The second kappa shape index (κ2) is 6.96. The number of thiophene rings is 1. The van der Waals surface area contributed by atoms with Crippen LogP contribution in [0.15, 0.2) is 50.3 Å². The van der Waals surface area contributed by atoms with Crippen molar-refractivity contribution < 1.29 is 8.42 Å². The third-order valence-corrected chi connectivity index (χ3v) is 8.63. The third kappa shape index (κ3) is 3.39. The van der Waals surface area contributed by atoms with Gasteiger partial charge in [-0.05, 0) is 49.1 Å². The van der Waals surface area contributed by atoms with E-state index < -0.39 is 9.84 Å². The number of sulfone groups is 1. The molecule has 1 N–H and O–H groups in total. The van der Waals surface area contributed by atoms with Crippen LogP contribution in [0, 0.1) is 5.92 Å². The van der Waals surface area contributed by atoms with E-state index >= 15 is 0 Å². The SMILES string of the molecule is CC1CCN(c2c(S(=O)(=O)c3ccc(Cl)cc3)sc3[nH]c(=O)ccc23)CC1. The highest BCUT2D eigenvalue weighted by molar-refractivity contribution is 7.93. The van der Waals surface area contributed by atoms with E-state index in [-0.39, 0.29) is 14.7 Å². The van der Waals surface area contributed by atoms with Crippen LogP contribution in [0.1, 0.15) is 19.8 Å². The van der Waals surface area contributed by atoms with Crippen molar-refractivity contribution in [2.24, 2.45) is 5.92 Å². The van der Waals surface area contributed by atoms with Crippen molar-refractivity contribution in [3.63, 3.8) is 0 Å². The van der Waals surface area contributed by atoms with Gasteiger partial charge in [0.25, 0.3) is 0 Å².